The molecule has 2 atom stereocenters. The zero-order chi connectivity index (χ0) is 18.5. The van der Waals surface area contributed by atoms with Gasteiger partial charge in [0.1, 0.15) is 0 Å². The molecule has 0 unspecified atom stereocenters. The Kier molecular flexibility index (Phi) is 12.4. The van der Waals surface area contributed by atoms with Crippen molar-refractivity contribution >= 4 is 11.9 Å². The summed E-state index contributed by atoms with van der Waals surface area (Å²) in [5.41, 5.74) is 0. The van der Waals surface area contributed by atoms with Gasteiger partial charge in [-0.2, -0.15) is 0 Å². The molecular weight excluding hydrogens is 316 g/mol. The van der Waals surface area contributed by atoms with Gasteiger partial charge >= 0.3 is 11.9 Å². The molecule has 0 aliphatic carbocycles. The molecule has 0 aromatic carbocycles. The van der Waals surface area contributed by atoms with Gasteiger partial charge in [0, 0.05) is 12.1 Å². The first kappa shape index (κ1) is 22.8. The first-order chi connectivity index (χ1) is 11.3. The molecule has 8 heteroatoms. The lowest BCUT2D eigenvalue weighted by Crippen LogP contribution is -2.27. The second-order valence-electron chi connectivity index (χ2n) is 6.21. The van der Waals surface area contributed by atoms with Gasteiger partial charge in [0.2, 0.25) is 0 Å². The highest BCUT2D eigenvalue weighted by atomic mass is 16.4. The van der Waals surface area contributed by atoms with Crippen LogP contribution in [0.5, 0.6) is 0 Å². The van der Waals surface area contributed by atoms with Gasteiger partial charge in [-0.15, -0.1) is 0 Å². The molecule has 2 fully saturated rings. The van der Waals surface area contributed by atoms with Gasteiger partial charge in [0.15, 0.2) is 0 Å². The Hall–Kier alpha value is -1.22. The molecule has 8 nitrogen and oxygen atoms in total. The number of aliphatic hydroxyl groups is 2. The summed E-state index contributed by atoms with van der Waals surface area (Å²) in [5.74, 6) is -2.15. The average molecular weight is 348 g/mol. The van der Waals surface area contributed by atoms with Crippen LogP contribution in [0.25, 0.3) is 0 Å². The molecule has 2 aliphatic heterocycles. The maximum Gasteiger partial charge on any atom is 0.303 e. The summed E-state index contributed by atoms with van der Waals surface area (Å²) in [7, 11) is 4.13. The molecule has 0 spiro atoms. The fourth-order valence-electron chi connectivity index (χ4n) is 2.63. The topological polar surface area (TPSA) is 122 Å². The van der Waals surface area contributed by atoms with E-state index in [2.05, 4.69) is 23.9 Å². The molecule has 142 valence electrons. The van der Waals surface area contributed by atoms with Crippen LogP contribution in [-0.4, -0.2) is 94.6 Å². The molecular formula is C16H32N2O6. The molecule has 0 amide bonds. The molecule has 2 aliphatic rings. The van der Waals surface area contributed by atoms with E-state index in [9.17, 15) is 9.59 Å². The summed E-state index contributed by atoms with van der Waals surface area (Å²) in [6.45, 7) is 2.98. The van der Waals surface area contributed by atoms with Crippen molar-refractivity contribution in [2.24, 2.45) is 0 Å². The minimum Gasteiger partial charge on any atom is -0.481 e. The van der Waals surface area contributed by atoms with E-state index in [1.165, 1.54) is 25.7 Å². The summed E-state index contributed by atoms with van der Waals surface area (Å²) in [6, 6.07) is 0.907. The third kappa shape index (κ3) is 10.5. The molecule has 2 heterocycles. The summed E-state index contributed by atoms with van der Waals surface area (Å²) in [5, 5.41) is 33.2. The number of hydrogen-bond acceptors (Lipinski definition) is 6. The highest BCUT2D eigenvalue weighted by Gasteiger charge is 2.19. The van der Waals surface area contributed by atoms with Crippen molar-refractivity contribution < 1.29 is 30.0 Å². The van der Waals surface area contributed by atoms with E-state index in [1.54, 1.807) is 0 Å². The predicted molar refractivity (Wildman–Crippen MR) is 90.0 cm³/mol. The fraction of sp³-hybridized carbons (Fsp3) is 0.875. The van der Waals surface area contributed by atoms with Crippen molar-refractivity contribution in [2.45, 2.75) is 50.6 Å². The molecule has 0 aromatic rings. The Morgan fingerprint density at radius 3 is 1.29 bits per heavy atom. The molecule has 0 bridgehead atoms. The zero-order valence-electron chi connectivity index (χ0n) is 14.7. The van der Waals surface area contributed by atoms with E-state index < -0.39 is 11.9 Å². The monoisotopic (exact) mass is 348 g/mol. The highest BCUT2D eigenvalue weighted by Crippen LogP contribution is 2.13. The first-order valence-electron chi connectivity index (χ1n) is 8.37. The third-order valence-corrected chi connectivity index (χ3v) is 4.32. The van der Waals surface area contributed by atoms with Crippen molar-refractivity contribution in [3.8, 4) is 0 Å². The SMILES string of the molecule is CN1CCC[C@H]1CO.CN1CCC[C@H]1CO.O=C(O)CCC(=O)O. The fourth-order valence-corrected chi connectivity index (χ4v) is 2.63. The number of hydrogen-bond donors (Lipinski definition) is 4. The van der Waals surface area contributed by atoms with E-state index in [0.29, 0.717) is 25.3 Å². The van der Waals surface area contributed by atoms with Crippen LogP contribution in [0.3, 0.4) is 0 Å². The standard InChI is InChI=1S/2C6H13NO.C4H6O4/c2*1-7-4-2-3-6(7)5-8;5-3(6)1-2-4(7)8/h2*6,8H,2-5H2,1H3;1-2H2,(H,5,6)(H,7,8)/t2*6-;/m00./s1. The smallest absolute Gasteiger partial charge is 0.303 e. The number of aliphatic carboxylic acids is 2. The van der Waals surface area contributed by atoms with Crippen LogP contribution in [0.4, 0.5) is 0 Å². The van der Waals surface area contributed by atoms with Crippen molar-refractivity contribution in [3.05, 3.63) is 0 Å². The second kappa shape index (κ2) is 13.1. The van der Waals surface area contributed by atoms with Crippen LogP contribution in [0.2, 0.25) is 0 Å². The van der Waals surface area contributed by atoms with Crippen molar-refractivity contribution in [1.82, 2.24) is 9.80 Å². The van der Waals surface area contributed by atoms with Crippen LogP contribution < -0.4 is 0 Å². The lowest BCUT2D eigenvalue weighted by atomic mass is 10.2. The van der Waals surface area contributed by atoms with Gasteiger partial charge in [0.25, 0.3) is 0 Å². The van der Waals surface area contributed by atoms with Crippen LogP contribution in [0, 0.1) is 0 Å². The van der Waals surface area contributed by atoms with Gasteiger partial charge in [-0.1, -0.05) is 0 Å². The molecule has 24 heavy (non-hydrogen) atoms. The number of nitrogens with zero attached hydrogens (tertiary/aromatic N) is 2. The predicted octanol–water partition coefficient (Wildman–Crippen LogP) is 0.0816. The van der Waals surface area contributed by atoms with Crippen LogP contribution in [-0.2, 0) is 9.59 Å². The summed E-state index contributed by atoms with van der Waals surface area (Å²) in [4.78, 5) is 23.7. The van der Waals surface area contributed by atoms with Crippen molar-refractivity contribution in [1.29, 1.82) is 0 Å². The quantitative estimate of drug-likeness (QED) is 0.551. The summed E-state index contributed by atoms with van der Waals surface area (Å²) < 4.78 is 0. The van der Waals surface area contributed by atoms with Gasteiger partial charge < -0.3 is 30.2 Å². The summed E-state index contributed by atoms with van der Waals surface area (Å²) in [6.07, 6.45) is 4.26. The Morgan fingerprint density at radius 1 is 0.833 bits per heavy atom. The maximum atomic E-state index is 9.64. The largest absolute Gasteiger partial charge is 0.481 e. The molecule has 0 radical (unpaired) electrons. The van der Waals surface area contributed by atoms with Crippen LogP contribution in [0.1, 0.15) is 38.5 Å². The third-order valence-electron chi connectivity index (χ3n) is 4.32. The Morgan fingerprint density at radius 2 is 1.17 bits per heavy atom. The number of carboxylic acid groups (broad SMARTS) is 2. The Bertz CT molecular complexity index is 332. The molecule has 0 saturated carbocycles. The van der Waals surface area contributed by atoms with E-state index in [4.69, 9.17) is 20.4 Å². The van der Waals surface area contributed by atoms with Gasteiger partial charge in [-0.05, 0) is 52.9 Å². The van der Waals surface area contributed by atoms with Gasteiger partial charge in [0.05, 0.1) is 26.1 Å². The van der Waals surface area contributed by atoms with Gasteiger partial charge in [-0.3, -0.25) is 9.59 Å². The minimum absolute atomic E-state index is 0.296. The zero-order valence-corrected chi connectivity index (χ0v) is 14.7. The molecule has 0 aromatic heterocycles. The van der Waals surface area contributed by atoms with E-state index in [-0.39, 0.29) is 12.8 Å². The Balaban J connectivity index is 0.000000331. The van der Waals surface area contributed by atoms with Crippen molar-refractivity contribution in [3.63, 3.8) is 0 Å². The number of likely N-dealkylation sites (tertiary alicyclic amines) is 2. The average Bonchev–Trinajstić information content (AvgIpc) is 3.14. The van der Waals surface area contributed by atoms with Crippen LogP contribution in [0.15, 0.2) is 0 Å². The number of carbonyl (C=O) groups is 2. The summed E-state index contributed by atoms with van der Waals surface area (Å²) >= 11 is 0. The van der Waals surface area contributed by atoms with E-state index in [1.807, 2.05) is 0 Å². The lowest BCUT2D eigenvalue weighted by Gasteiger charge is -2.15. The van der Waals surface area contributed by atoms with E-state index in [0.717, 1.165) is 13.1 Å². The Labute approximate surface area is 143 Å². The molecule has 4 N–H and O–H groups in total. The highest BCUT2D eigenvalue weighted by molar-refractivity contribution is 5.75. The van der Waals surface area contributed by atoms with E-state index >= 15 is 0 Å². The number of likely N-dealkylation sites (N-methyl/N-ethyl adjacent to an activating group) is 2. The number of rotatable bonds is 5. The molecule has 2 rings (SSSR count). The second-order valence-corrected chi connectivity index (χ2v) is 6.21. The lowest BCUT2D eigenvalue weighted by molar-refractivity contribution is -0.143. The van der Waals surface area contributed by atoms with Crippen LogP contribution >= 0.6 is 0 Å². The number of carboxylic acids is 2. The number of aliphatic hydroxyl groups excluding tert-OH is 2. The maximum absolute atomic E-state index is 9.64. The first-order valence-corrected chi connectivity index (χ1v) is 8.37. The molecule has 2 saturated heterocycles. The minimum atomic E-state index is -1.08. The van der Waals surface area contributed by atoms with Gasteiger partial charge in [-0.25, -0.2) is 0 Å². The normalized spacial score (nSPS) is 23.8. The van der Waals surface area contributed by atoms with Crippen molar-refractivity contribution in [2.75, 3.05) is 40.4 Å².